The Hall–Kier alpha value is -2.90. The molecule has 0 bridgehead atoms. The van der Waals surface area contributed by atoms with Gasteiger partial charge in [-0.1, -0.05) is 6.07 Å². The van der Waals surface area contributed by atoms with Gasteiger partial charge >= 0.3 is 5.69 Å². The molecule has 0 radical (unpaired) electrons. The maximum Gasteiger partial charge on any atom is 0.350 e. The van der Waals surface area contributed by atoms with E-state index < -0.39 is 0 Å². The normalized spacial score (nSPS) is 10.9. The molecule has 1 amide bonds. The zero-order chi connectivity index (χ0) is 14.7. The standard InChI is InChI=1S/C13H14N6O2/c20-12(15-5-4-10-7-14-9-16-10)8-19-13(21)18-6-2-1-3-11(18)17-19/h1-3,6-7,9H,4-5,8H2,(H,14,16)(H,15,20). The van der Waals surface area contributed by atoms with Gasteiger partial charge in [-0.05, 0) is 12.1 Å². The number of nitrogens with one attached hydrogen (secondary N) is 2. The molecule has 0 aliphatic carbocycles. The van der Waals surface area contributed by atoms with Crippen LogP contribution < -0.4 is 11.0 Å². The summed E-state index contributed by atoms with van der Waals surface area (Å²) >= 11 is 0. The zero-order valence-electron chi connectivity index (χ0n) is 11.2. The minimum Gasteiger partial charge on any atom is -0.354 e. The fourth-order valence-electron chi connectivity index (χ4n) is 2.02. The SMILES string of the molecule is O=C(Cn1nc2ccccn2c1=O)NCCc1cnc[nH]1. The van der Waals surface area contributed by atoms with Crippen LogP contribution in [0.2, 0.25) is 0 Å². The third kappa shape index (κ3) is 2.83. The van der Waals surface area contributed by atoms with Crippen molar-refractivity contribution >= 4 is 11.6 Å². The molecule has 21 heavy (non-hydrogen) atoms. The second-order valence-electron chi connectivity index (χ2n) is 4.55. The summed E-state index contributed by atoms with van der Waals surface area (Å²) in [5.74, 6) is -0.250. The molecular weight excluding hydrogens is 272 g/mol. The van der Waals surface area contributed by atoms with Gasteiger partial charge in [-0.15, -0.1) is 5.10 Å². The Morgan fingerprint density at radius 3 is 3.05 bits per heavy atom. The van der Waals surface area contributed by atoms with E-state index in [0.29, 0.717) is 18.6 Å². The Morgan fingerprint density at radius 2 is 2.29 bits per heavy atom. The highest BCUT2D eigenvalue weighted by atomic mass is 16.2. The molecule has 3 aromatic rings. The maximum absolute atomic E-state index is 12.0. The van der Waals surface area contributed by atoms with Crippen LogP contribution in [0.4, 0.5) is 0 Å². The number of amides is 1. The van der Waals surface area contributed by atoms with Gasteiger partial charge in [0.05, 0.1) is 6.33 Å². The molecular formula is C13H14N6O2. The van der Waals surface area contributed by atoms with Crippen molar-refractivity contribution in [1.29, 1.82) is 0 Å². The van der Waals surface area contributed by atoms with Crippen LogP contribution in [-0.4, -0.2) is 36.6 Å². The van der Waals surface area contributed by atoms with Crippen LogP contribution in [0.3, 0.4) is 0 Å². The van der Waals surface area contributed by atoms with Crippen molar-refractivity contribution in [2.45, 2.75) is 13.0 Å². The number of hydrogen-bond acceptors (Lipinski definition) is 4. The molecule has 3 aromatic heterocycles. The summed E-state index contributed by atoms with van der Waals surface area (Å²) in [4.78, 5) is 30.7. The van der Waals surface area contributed by atoms with Crippen LogP contribution in [0.1, 0.15) is 5.69 Å². The van der Waals surface area contributed by atoms with E-state index >= 15 is 0 Å². The average Bonchev–Trinajstić information content (AvgIpc) is 3.09. The van der Waals surface area contributed by atoms with Gasteiger partial charge in [0.1, 0.15) is 6.54 Å². The lowest BCUT2D eigenvalue weighted by Gasteiger charge is -2.03. The number of fused-ring (bicyclic) bond motifs is 1. The van der Waals surface area contributed by atoms with Crippen molar-refractivity contribution in [3.05, 3.63) is 53.1 Å². The molecule has 0 fully saturated rings. The van der Waals surface area contributed by atoms with Gasteiger partial charge in [0.15, 0.2) is 5.65 Å². The third-order valence-corrected chi connectivity index (χ3v) is 3.05. The van der Waals surface area contributed by atoms with E-state index in [4.69, 9.17) is 0 Å². The van der Waals surface area contributed by atoms with Crippen LogP contribution in [0.5, 0.6) is 0 Å². The predicted molar refractivity (Wildman–Crippen MR) is 74.8 cm³/mol. The number of carbonyl (C=O) groups excluding carboxylic acids is 1. The topological polar surface area (TPSA) is 97.1 Å². The van der Waals surface area contributed by atoms with E-state index in [-0.39, 0.29) is 18.1 Å². The summed E-state index contributed by atoms with van der Waals surface area (Å²) in [5, 5.41) is 6.85. The van der Waals surface area contributed by atoms with Gasteiger partial charge in [-0.25, -0.2) is 14.5 Å². The maximum atomic E-state index is 12.0. The van der Waals surface area contributed by atoms with Crippen molar-refractivity contribution in [3.63, 3.8) is 0 Å². The van der Waals surface area contributed by atoms with Crippen molar-refractivity contribution in [2.24, 2.45) is 0 Å². The second-order valence-corrected chi connectivity index (χ2v) is 4.55. The van der Waals surface area contributed by atoms with Gasteiger partial charge in [-0.3, -0.25) is 9.20 Å². The minimum atomic E-state index is -0.325. The Morgan fingerprint density at radius 1 is 1.38 bits per heavy atom. The number of pyridine rings is 1. The molecule has 0 atom stereocenters. The van der Waals surface area contributed by atoms with Crippen LogP contribution in [0, 0.1) is 0 Å². The minimum absolute atomic E-state index is 0.0938. The highest BCUT2D eigenvalue weighted by Crippen LogP contribution is 1.95. The van der Waals surface area contributed by atoms with E-state index in [1.807, 2.05) is 0 Å². The molecule has 0 unspecified atom stereocenters. The smallest absolute Gasteiger partial charge is 0.350 e. The fourth-order valence-corrected chi connectivity index (χ4v) is 2.02. The summed E-state index contributed by atoms with van der Waals surface area (Å²) in [6, 6.07) is 5.25. The summed E-state index contributed by atoms with van der Waals surface area (Å²) in [6.07, 6.45) is 5.58. The summed E-state index contributed by atoms with van der Waals surface area (Å²) in [6.45, 7) is 0.382. The third-order valence-electron chi connectivity index (χ3n) is 3.05. The summed E-state index contributed by atoms with van der Waals surface area (Å²) in [7, 11) is 0. The number of imidazole rings is 1. The van der Waals surface area contributed by atoms with Crippen molar-refractivity contribution < 1.29 is 4.79 Å². The molecule has 8 heteroatoms. The molecule has 3 rings (SSSR count). The highest BCUT2D eigenvalue weighted by Gasteiger charge is 2.09. The molecule has 0 saturated heterocycles. The average molecular weight is 286 g/mol. The number of nitrogens with zero attached hydrogens (tertiary/aromatic N) is 4. The predicted octanol–water partition coefficient (Wildman–Crippen LogP) is -0.422. The lowest BCUT2D eigenvalue weighted by atomic mass is 10.3. The molecule has 108 valence electrons. The quantitative estimate of drug-likeness (QED) is 0.665. The van der Waals surface area contributed by atoms with Crippen molar-refractivity contribution in [1.82, 2.24) is 29.5 Å². The highest BCUT2D eigenvalue weighted by molar-refractivity contribution is 5.75. The molecule has 3 heterocycles. The molecule has 8 nitrogen and oxygen atoms in total. The fraction of sp³-hybridized carbons (Fsp3) is 0.231. The molecule has 0 spiro atoms. The van der Waals surface area contributed by atoms with Crippen LogP contribution in [0.25, 0.3) is 5.65 Å². The molecule has 0 aliphatic rings. The van der Waals surface area contributed by atoms with Gasteiger partial charge in [-0.2, -0.15) is 0 Å². The van der Waals surface area contributed by atoms with E-state index in [1.54, 1.807) is 36.9 Å². The summed E-state index contributed by atoms with van der Waals surface area (Å²) < 4.78 is 2.55. The van der Waals surface area contributed by atoms with E-state index in [2.05, 4.69) is 20.4 Å². The Kier molecular flexibility index (Phi) is 3.50. The lowest BCUT2D eigenvalue weighted by Crippen LogP contribution is -2.33. The Bertz CT molecular complexity index is 802. The van der Waals surface area contributed by atoms with Gasteiger partial charge in [0.25, 0.3) is 0 Å². The number of aromatic nitrogens is 5. The number of hydrogen-bond donors (Lipinski definition) is 2. The monoisotopic (exact) mass is 286 g/mol. The van der Waals surface area contributed by atoms with Gasteiger partial charge in [0, 0.05) is 31.1 Å². The van der Waals surface area contributed by atoms with E-state index in [0.717, 1.165) is 10.4 Å². The largest absolute Gasteiger partial charge is 0.354 e. The van der Waals surface area contributed by atoms with E-state index in [9.17, 15) is 9.59 Å². The Labute approximate surface area is 119 Å². The van der Waals surface area contributed by atoms with Gasteiger partial charge in [0.2, 0.25) is 5.91 Å². The molecule has 0 aromatic carbocycles. The van der Waals surface area contributed by atoms with Crippen LogP contribution >= 0.6 is 0 Å². The second kappa shape index (κ2) is 5.61. The Balaban J connectivity index is 1.61. The van der Waals surface area contributed by atoms with E-state index in [1.165, 1.54) is 4.40 Å². The number of carbonyl (C=O) groups is 1. The van der Waals surface area contributed by atoms with Crippen LogP contribution in [-0.2, 0) is 17.8 Å². The molecule has 0 aliphatic heterocycles. The molecule has 2 N–H and O–H groups in total. The zero-order valence-corrected chi connectivity index (χ0v) is 11.2. The first-order chi connectivity index (χ1) is 10.2. The molecule has 0 saturated carbocycles. The first-order valence-electron chi connectivity index (χ1n) is 6.52. The van der Waals surface area contributed by atoms with Crippen molar-refractivity contribution in [3.8, 4) is 0 Å². The first-order valence-corrected chi connectivity index (χ1v) is 6.52. The number of aromatic amines is 1. The van der Waals surface area contributed by atoms with Crippen molar-refractivity contribution in [2.75, 3.05) is 6.54 Å². The summed E-state index contributed by atoms with van der Waals surface area (Å²) in [5.41, 5.74) is 1.14. The van der Waals surface area contributed by atoms with Crippen LogP contribution in [0.15, 0.2) is 41.7 Å². The van der Waals surface area contributed by atoms with Gasteiger partial charge < -0.3 is 10.3 Å². The lowest BCUT2D eigenvalue weighted by molar-refractivity contribution is -0.121. The first kappa shape index (κ1) is 13.1. The number of H-pyrrole nitrogens is 1. The number of rotatable bonds is 5.